The van der Waals surface area contributed by atoms with Crippen LogP contribution in [0.5, 0.6) is 0 Å². The molecule has 14 nitrogen and oxygen atoms in total. The second-order valence-electron chi connectivity index (χ2n) is 5.69. The van der Waals surface area contributed by atoms with E-state index in [1.165, 1.54) is 0 Å². The van der Waals surface area contributed by atoms with Crippen molar-refractivity contribution in [3.8, 4) is 0 Å². The highest BCUT2D eigenvalue weighted by atomic mass is 32.3. The van der Waals surface area contributed by atoms with Gasteiger partial charge in [0.2, 0.25) is 0 Å². The van der Waals surface area contributed by atoms with Crippen molar-refractivity contribution in [3.05, 3.63) is 0 Å². The number of nitrogens with zero attached hydrogens (tertiary/aromatic N) is 2. The number of nitrogens with one attached hydrogen (secondary N) is 2. The van der Waals surface area contributed by atoms with Crippen molar-refractivity contribution >= 4 is 22.5 Å². The van der Waals surface area contributed by atoms with Gasteiger partial charge in [0.1, 0.15) is 0 Å². The maximum absolute atomic E-state index is 11.3. The zero-order chi connectivity index (χ0) is 22.1. The van der Waals surface area contributed by atoms with Crippen molar-refractivity contribution in [1.29, 1.82) is 0 Å². The largest absolute Gasteiger partial charge is 0.394 e. The van der Waals surface area contributed by atoms with Crippen LogP contribution in [0.2, 0.25) is 0 Å². The fourth-order valence-corrected chi connectivity index (χ4v) is 2.11. The first-order valence-corrected chi connectivity index (χ1v) is 10.4. The molecule has 2 aliphatic heterocycles. The Balaban J connectivity index is 0.000000442. The first kappa shape index (κ1) is 27.2. The van der Waals surface area contributed by atoms with Crippen LogP contribution in [0.15, 0.2) is 0 Å². The number of hydrogen-bond acceptors (Lipinski definition) is 8. The normalized spacial score (nSPS) is 16.6. The van der Waals surface area contributed by atoms with Crippen molar-refractivity contribution in [3.63, 3.8) is 0 Å². The van der Waals surface area contributed by atoms with E-state index >= 15 is 0 Å². The van der Waals surface area contributed by atoms with Crippen LogP contribution in [0.3, 0.4) is 0 Å². The molecule has 172 valence electrons. The van der Waals surface area contributed by atoms with E-state index < -0.39 is 10.4 Å². The van der Waals surface area contributed by atoms with E-state index in [1.54, 1.807) is 9.80 Å². The van der Waals surface area contributed by atoms with E-state index in [0.29, 0.717) is 78.8 Å². The highest BCUT2D eigenvalue weighted by Crippen LogP contribution is 1.96. The molecule has 4 amide bonds. The summed E-state index contributed by atoms with van der Waals surface area (Å²) in [4.78, 5) is 26.0. The second-order valence-corrected chi connectivity index (χ2v) is 6.58. The zero-order valence-electron chi connectivity index (χ0n) is 16.3. The van der Waals surface area contributed by atoms with Crippen molar-refractivity contribution in [1.82, 2.24) is 20.4 Å². The molecule has 15 heteroatoms. The standard InChI is InChI=1S/2C7H15N3O2.H2O4S/c2*8-1-2-9-7(11)10-3-5-12-6-4-10;1-5(2,3)4/h2*1-6,8H2,(H,9,11);(H2,1,2,3,4). The first-order valence-electron chi connectivity index (χ1n) is 9.00. The van der Waals surface area contributed by atoms with Crippen LogP contribution in [0.4, 0.5) is 9.59 Å². The number of amides is 4. The molecule has 0 atom stereocenters. The molecular weight excluding hydrogens is 412 g/mol. The van der Waals surface area contributed by atoms with Crippen LogP contribution in [0, 0.1) is 0 Å². The Kier molecular flexibility index (Phi) is 15.1. The average molecular weight is 445 g/mol. The number of ether oxygens (including phenoxy) is 2. The lowest BCUT2D eigenvalue weighted by molar-refractivity contribution is 0.0533. The predicted octanol–water partition coefficient (Wildman–Crippen LogP) is -2.68. The van der Waals surface area contributed by atoms with Crippen LogP contribution < -0.4 is 22.1 Å². The molecule has 0 aliphatic carbocycles. The summed E-state index contributed by atoms with van der Waals surface area (Å²) in [7, 11) is -4.67. The third kappa shape index (κ3) is 16.9. The number of urea groups is 2. The molecule has 0 bridgehead atoms. The number of rotatable bonds is 4. The fraction of sp³-hybridized carbons (Fsp3) is 0.857. The molecule has 0 aromatic heterocycles. The van der Waals surface area contributed by atoms with Gasteiger partial charge in [0, 0.05) is 52.4 Å². The molecule has 0 aromatic rings. The van der Waals surface area contributed by atoms with Gasteiger partial charge in [-0.1, -0.05) is 0 Å². The predicted molar refractivity (Wildman–Crippen MR) is 104 cm³/mol. The van der Waals surface area contributed by atoms with Gasteiger partial charge in [-0.2, -0.15) is 8.42 Å². The third-order valence-electron chi connectivity index (χ3n) is 3.44. The van der Waals surface area contributed by atoms with E-state index in [0.717, 1.165) is 0 Å². The Morgan fingerprint density at radius 1 is 0.793 bits per heavy atom. The average Bonchev–Trinajstić information content (AvgIpc) is 2.70. The summed E-state index contributed by atoms with van der Waals surface area (Å²) in [5.41, 5.74) is 10.5. The maximum atomic E-state index is 11.3. The Labute approximate surface area is 170 Å². The lowest BCUT2D eigenvalue weighted by Crippen LogP contribution is -2.47. The first-order chi connectivity index (χ1) is 13.7. The second kappa shape index (κ2) is 16.1. The Morgan fingerprint density at radius 3 is 1.31 bits per heavy atom. The molecule has 2 rings (SSSR count). The molecule has 2 fully saturated rings. The minimum absolute atomic E-state index is 0.0382. The Morgan fingerprint density at radius 2 is 1.07 bits per heavy atom. The molecule has 2 aliphatic rings. The van der Waals surface area contributed by atoms with Crippen molar-refractivity contribution in [2.75, 3.05) is 78.8 Å². The number of carbonyl (C=O) groups excluding carboxylic acids is 2. The molecule has 0 aromatic carbocycles. The molecule has 2 saturated heterocycles. The number of morpholine rings is 2. The summed E-state index contributed by atoms with van der Waals surface area (Å²) >= 11 is 0. The summed E-state index contributed by atoms with van der Waals surface area (Å²) in [6.07, 6.45) is 0. The van der Waals surface area contributed by atoms with E-state index in [-0.39, 0.29) is 12.1 Å². The minimum atomic E-state index is -4.67. The van der Waals surface area contributed by atoms with Crippen molar-refractivity contribution in [2.24, 2.45) is 11.5 Å². The molecular formula is C14H32N6O8S. The van der Waals surface area contributed by atoms with Crippen molar-refractivity contribution in [2.45, 2.75) is 0 Å². The molecule has 0 spiro atoms. The maximum Gasteiger partial charge on any atom is 0.394 e. The molecule has 0 radical (unpaired) electrons. The Bertz CT molecular complexity index is 510. The van der Waals surface area contributed by atoms with Gasteiger partial charge in [-0.05, 0) is 0 Å². The van der Waals surface area contributed by atoms with Crippen LogP contribution in [-0.2, 0) is 19.9 Å². The van der Waals surface area contributed by atoms with Gasteiger partial charge in [-0.15, -0.1) is 0 Å². The number of hydrogen-bond donors (Lipinski definition) is 6. The van der Waals surface area contributed by atoms with Gasteiger partial charge in [0.25, 0.3) is 0 Å². The Hall–Kier alpha value is -1.75. The summed E-state index contributed by atoms with van der Waals surface area (Å²) < 4.78 is 41.8. The SMILES string of the molecule is NCCNC(=O)N1CCOCC1.NCCNC(=O)N1CCOCC1.O=S(=O)(O)O. The minimum Gasteiger partial charge on any atom is -0.378 e. The van der Waals surface area contributed by atoms with Crippen LogP contribution >= 0.6 is 0 Å². The summed E-state index contributed by atoms with van der Waals surface area (Å²) in [6.45, 7) is 7.29. The summed E-state index contributed by atoms with van der Waals surface area (Å²) in [6, 6.07) is -0.0764. The van der Waals surface area contributed by atoms with Crippen LogP contribution in [0.1, 0.15) is 0 Å². The van der Waals surface area contributed by atoms with E-state index in [2.05, 4.69) is 10.6 Å². The number of carbonyl (C=O) groups is 2. The van der Waals surface area contributed by atoms with E-state index in [4.69, 9.17) is 38.5 Å². The monoisotopic (exact) mass is 444 g/mol. The van der Waals surface area contributed by atoms with Gasteiger partial charge in [-0.25, -0.2) is 9.59 Å². The highest BCUT2D eigenvalue weighted by Gasteiger charge is 2.16. The van der Waals surface area contributed by atoms with Crippen LogP contribution in [-0.4, -0.2) is 118 Å². The summed E-state index contributed by atoms with van der Waals surface area (Å²) in [5, 5.41) is 5.42. The highest BCUT2D eigenvalue weighted by molar-refractivity contribution is 7.79. The third-order valence-corrected chi connectivity index (χ3v) is 3.44. The van der Waals surface area contributed by atoms with E-state index in [9.17, 15) is 9.59 Å². The molecule has 8 N–H and O–H groups in total. The number of nitrogens with two attached hydrogens (primary N) is 2. The van der Waals surface area contributed by atoms with Crippen molar-refractivity contribution < 1.29 is 36.6 Å². The topological polar surface area (TPSA) is 210 Å². The van der Waals surface area contributed by atoms with Gasteiger partial charge in [0.05, 0.1) is 26.4 Å². The van der Waals surface area contributed by atoms with Crippen LogP contribution in [0.25, 0.3) is 0 Å². The molecule has 2 heterocycles. The fourth-order valence-electron chi connectivity index (χ4n) is 2.11. The molecule has 0 unspecified atom stereocenters. The van der Waals surface area contributed by atoms with E-state index in [1.807, 2.05) is 0 Å². The lowest BCUT2D eigenvalue weighted by atomic mass is 10.4. The van der Waals surface area contributed by atoms with Gasteiger partial charge >= 0.3 is 22.5 Å². The lowest BCUT2D eigenvalue weighted by Gasteiger charge is -2.26. The quantitative estimate of drug-likeness (QED) is 0.247. The zero-order valence-corrected chi connectivity index (χ0v) is 17.1. The van der Waals surface area contributed by atoms with Gasteiger partial charge in [-0.3, -0.25) is 9.11 Å². The van der Waals surface area contributed by atoms with Gasteiger partial charge < -0.3 is 41.4 Å². The molecule has 29 heavy (non-hydrogen) atoms. The smallest absolute Gasteiger partial charge is 0.378 e. The summed E-state index contributed by atoms with van der Waals surface area (Å²) in [5.74, 6) is 0. The van der Waals surface area contributed by atoms with Gasteiger partial charge in [0.15, 0.2) is 0 Å². The molecule has 0 saturated carbocycles.